The van der Waals surface area contributed by atoms with E-state index in [1.54, 1.807) is 36.4 Å². The topological polar surface area (TPSA) is 64.3 Å². The van der Waals surface area contributed by atoms with Crippen LogP contribution < -0.4 is 15.8 Å². The third-order valence-electron chi connectivity index (χ3n) is 2.52. The van der Waals surface area contributed by atoms with Gasteiger partial charge in [0, 0.05) is 10.7 Å². The van der Waals surface area contributed by atoms with Gasteiger partial charge in [-0.25, -0.2) is 0 Å². The number of rotatable bonds is 4. The van der Waals surface area contributed by atoms with Crippen molar-refractivity contribution in [3.05, 3.63) is 50.9 Å². The monoisotopic (exact) mass is 388 g/mol. The second kappa shape index (κ2) is 7.02. The van der Waals surface area contributed by atoms with Gasteiger partial charge in [-0.1, -0.05) is 23.2 Å². The predicted molar refractivity (Wildman–Crippen MR) is 89.1 cm³/mol. The number of amides is 1. The molecular weight excluding hydrogens is 379 g/mol. The van der Waals surface area contributed by atoms with Gasteiger partial charge in [0.1, 0.15) is 5.75 Å². The summed E-state index contributed by atoms with van der Waals surface area (Å²) in [6.45, 7) is -0.161. The molecule has 110 valence electrons. The van der Waals surface area contributed by atoms with E-state index < -0.39 is 0 Å². The number of hydrogen-bond donors (Lipinski definition) is 2. The Balaban J connectivity index is 1.97. The van der Waals surface area contributed by atoms with E-state index >= 15 is 0 Å². The minimum absolute atomic E-state index is 0.161. The van der Waals surface area contributed by atoms with E-state index in [0.717, 1.165) is 0 Å². The highest BCUT2D eigenvalue weighted by Crippen LogP contribution is 2.28. The first-order chi connectivity index (χ1) is 9.95. The number of nitrogens with two attached hydrogens (primary N) is 1. The highest BCUT2D eigenvalue weighted by atomic mass is 79.9. The van der Waals surface area contributed by atoms with Crippen molar-refractivity contribution in [2.24, 2.45) is 0 Å². The van der Waals surface area contributed by atoms with Crippen LogP contribution in [0.1, 0.15) is 0 Å². The number of halogens is 3. The summed E-state index contributed by atoms with van der Waals surface area (Å²) in [5, 5.41) is 3.62. The molecule has 4 nitrogen and oxygen atoms in total. The summed E-state index contributed by atoms with van der Waals surface area (Å²) in [7, 11) is 0. The number of anilines is 2. The molecule has 0 aromatic heterocycles. The Bertz CT molecular complexity index is 680. The molecule has 0 unspecified atom stereocenters. The molecular formula is C14H11BrCl2N2O2. The van der Waals surface area contributed by atoms with E-state index in [2.05, 4.69) is 21.2 Å². The lowest BCUT2D eigenvalue weighted by molar-refractivity contribution is -0.118. The fourth-order valence-electron chi connectivity index (χ4n) is 1.56. The molecule has 2 aromatic rings. The molecule has 7 heteroatoms. The summed E-state index contributed by atoms with van der Waals surface area (Å²) < 4.78 is 6.08. The molecule has 2 rings (SSSR count). The van der Waals surface area contributed by atoms with Crippen LogP contribution in [0.3, 0.4) is 0 Å². The third kappa shape index (κ3) is 4.52. The van der Waals surface area contributed by atoms with Gasteiger partial charge in [0.15, 0.2) is 6.61 Å². The summed E-state index contributed by atoms with van der Waals surface area (Å²) in [5.41, 5.74) is 6.60. The number of carbonyl (C=O) groups is 1. The molecule has 0 fully saturated rings. The third-order valence-corrected chi connectivity index (χ3v) is 3.70. The molecule has 3 N–H and O–H groups in total. The van der Waals surface area contributed by atoms with Crippen LogP contribution in [-0.4, -0.2) is 12.5 Å². The number of nitrogens with one attached hydrogen (secondary N) is 1. The second-order valence-corrected chi connectivity index (χ2v) is 5.85. The van der Waals surface area contributed by atoms with E-state index in [9.17, 15) is 4.79 Å². The Morgan fingerprint density at radius 3 is 2.71 bits per heavy atom. The molecule has 0 aliphatic rings. The van der Waals surface area contributed by atoms with Gasteiger partial charge in [-0.15, -0.1) is 0 Å². The Morgan fingerprint density at radius 1 is 1.24 bits per heavy atom. The maximum absolute atomic E-state index is 11.9. The molecule has 0 aliphatic heterocycles. The molecule has 0 spiro atoms. The van der Waals surface area contributed by atoms with Crippen molar-refractivity contribution in [1.82, 2.24) is 0 Å². The van der Waals surface area contributed by atoms with Gasteiger partial charge in [0.05, 0.1) is 15.2 Å². The lowest BCUT2D eigenvalue weighted by atomic mass is 10.3. The zero-order chi connectivity index (χ0) is 15.4. The molecule has 1 amide bonds. The normalized spacial score (nSPS) is 10.2. The lowest BCUT2D eigenvalue weighted by Crippen LogP contribution is -2.20. The van der Waals surface area contributed by atoms with E-state index in [-0.39, 0.29) is 12.5 Å². The van der Waals surface area contributed by atoms with Gasteiger partial charge in [-0.3, -0.25) is 4.79 Å². The smallest absolute Gasteiger partial charge is 0.262 e. The second-order valence-electron chi connectivity index (χ2n) is 4.15. The van der Waals surface area contributed by atoms with Crippen molar-refractivity contribution in [1.29, 1.82) is 0 Å². The minimum atomic E-state index is -0.343. The van der Waals surface area contributed by atoms with Crippen LogP contribution in [0.25, 0.3) is 0 Å². The van der Waals surface area contributed by atoms with Crippen molar-refractivity contribution in [2.75, 3.05) is 17.7 Å². The van der Waals surface area contributed by atoms with Crippen molar-refractivity contribution >= 4 is 56.4 Å². The van der Waals surface area contributed by atoms with Gasteiger partial charge in [-0.2, -0.15) is 0 Å². The summed E-state index contributed by atoms with van der Waals surface area (Å²) >= 11 is 15.1. The molecule has 0 saturated heterocycles. The number of hydrogen-bond acceptors (Lipinski definition) is 3. The largest absolute Gasteiger partial charge is 0.483 e. The maximum atomic E-state index is 11.9. The van der Waals surface area contributed by atoms with Crippen LogP contribution in [0.15, 0.2) is 40.9 Å². The van der Waals surface area contributed by atoms with Gasteiger partial charge >= 0.3 is 0 Å². The Kier molecular flexibility index (Phi) is 5.33. The van der Waals surface area contributed by atoms with Crippen LogP contribution >= 0.6 is 39.1 Å². The fourth-order valence-corrected chi connectivity index (χ4v) is 2.52. The number of nitrogen functional groups attached to an aromatic ring is 1. The van der Waals surface area contributed by atoms with Crippen LogP contribution in [0, 0.1) is 0 Å². The van der Waals surface area contributed by atoms with Crippen LogP contribution in [-0.2, 0) is 4.79 Å². The molecule has 0 bridgehead atoms. The molecule has 0 atom stereocenters. The summed E-state index contributed by atoms with van der Waals surface area (Å²) in [6, 6.07) is 9.88. The Labute approximate surface area is 140 Å². The number of benzene rings is 2. The maximum Gasteiger partial charge on any atom is 0.262 e. The lowest BCUT2D eigenvalue weighted by Gasteiger charge is -2.10. The van der Waals surface area contributed by atoms with Crippen LogP contribution in [0.4, 0.5) is 11.4 Å². The summed E-state index contributed by atoms with van der Waals surface area (Å²) in [6.07, 6.45) is 0. The molecule has 0 aliphatic carbocycles. The van der Waals surface area contributed by atoms with Crippen molar-refractivity contribution in [3.63, 3.8) is 0 Å². The standard InChI is InChI=1S/C14H11BrCl2N2O2/c15-10-5-8(16)1-4-13(10)21-7-14(20)19-12-6-9(18)2-3-11(12)17/h1-6H,7,18H2,(H,19,20). The molecule has 0 saturated carbocycles. The van der Waals surface area contributed by atoms with Gasteiger partial charge in [0.25, 0.3) is 5.91 Å². The fraction of sp³-hybridized carbons (Fsp3) is 0.0714. The quantitative estimate of drug-likeness (QED) is 0.763. The van der Waals surface area contributed by atoms with Crippen molar-refractivity contribution in [3.8, 4) is 5.75 Å². The molecule has 0 radical (unpaired) electrons. The highest BCUT2D eigenvalue weighted by Gasteiger charge is 2.09. The van der Waals surface area contributed by atoms with E-state index in [4.69, 9.17) is 33.7 Å². The summed E-state index contributed by atoms with van der Waals surface area (Å²) in [5.74, 6) is 0.178. The van der Waals surface area contributed by atoms with Gasteiger partial charge in [-0.05, 0) is 52.3 Å². The van der Waals surface area contributed by atoms with Crippen LogP contribution in [0.5, 0.6) is 5.75 Å². The van der Waals surface area contributed by atoms with Crippen molar-refractivity contribution < 1.29 is 9.53 Å². The van der Waals surface area contributed by atoms with E-state index in [1.807, 2.05) is 0 Å². The first-order valence-corrected chi connectivity index (χ1v) is 7.43. The van der Waals surface area contributed by atoms with E-state index in [0.29, 0.717) is 31.6 Å². The Morgan fingerprint density at radius 2 is 2.00 bits per heavy atom. The van der Waals surface area contributed by atoms with Gasteiger partial charge in [0.2, 0.25) is 0 Å². The average Bonchev–Trinajstić information content (AvgIpc) is 2.42. The zero-order valence-electron chi connectivity index (χ0n) is 10.7. The Hall–Kier alpha value is -1.43. The van der Waals surface area contributed by atoms with E-state index in [1.165, 1.54) is 0 Å². The zero-order valence-corrected chi connectivity index (χ0v) is 13.8. The molecule has 0 heterocycles. The van der Waals surface area contributed by atoms with Crippen LogP contribution in [0.2, 0.25) is 10.0 Å². The number of ether oxygens (including phenoxy) is 1. The minimum Gasteiger partial charge on any atom is -0.483 e. The average molecular weight is 390 g/mol. The van der Waals surface area contributed by atoms with Gasteiger partial charge < -0.3 is 15.8 Å². The first-order valence-electron chi connectivity index (χ1n) is 5.88. The predicted octanol–water partition coefficient (Wildman–Crippen LogP) is 4.36. The molecule has 21 heavy (non-hydrogen) atoms. The SMILES string of the molecule is Nc1ccc(Cl)c(NC(=O)COc2ccc(Cl)cc2Br)c1. The molecule has 2 aromatic carbocycles. The summed E-state index contributed by atoms with van der Waals surface area (Å²) in [4.78, 5) is 11.9. The number of carbonyl (C=O) groups excluding carboxylic acids is 1. The van der Waals surface area contributed by atoms with Crippen molar-refractivity contribution in [2.45, 2.75) is 0 Å². The highest BCUT2D eigenvalue weighted by molar-refractivity contribution is 9.10. The first kappa shape index (κ1) is 15.9.